The Bertz CT molecular complexity index is 1090. The van der Waals surface area contributed by atoms with Crippen LogP contribution in [-0.4, -0.2) is 43.2 Å². The summed E-state index contributed by atoms with van der Waals surface area (Å²) in [6.45, 7) is 0.228. The molecule has 4 rings (SSSR count). The summed E-state index contributed by atoms with van der Waals surface area (Å²) in [6, 6.07) is 11.2. The highest BCUT2D eigenvalue weighted by atomic mass is 32.2. The fourth-order valence-corrected chi connectivity index (χ4v) is 5.78. The van der Waals surface area contributed by atoms with Gasteiger partial charge in [0.05, 0.1) is 15.9 Å². The zero-order chi connectivity index (χ0) is 19.7. The largest absolute Gasteiger partial charge is 0.355 e. The van der Waals surface area contributed by atoms with Crippen molar-refractivity contribution in [2.75, 3.05) is 18.8 Å². The van der Waals surface area contributed by atoms with Crippen LogP contribution in [0.25, 0.3) is 10.6 Å². The minimum absolute atomic E-state index is 0.0350. The summed E-state index contributed by atoms with van der Waals surface area (Å²) in [5.41, 5.74) is 0.281. The number of carbonyl (C=O) groups is 1. The Kier molecular flexibility index (Phi) is 5.03. The van der Waals surface area contributed by atoms with Crippen LogP contribution in [0.15, 0.2) is 52.4 Å². The first-order valence-electron chi connectivity index (χ1n) is 8.71. The maximum Gasteiger partial charge on any atom is 0.276 e. The van der Waals surface area contributed by atoms with Crippen LogP contribution in [0.3, 0.4) is 0 Å². The van der Waals surface area contributed by atoms with Gasteiger partial charge in [0.1, 0.15) is 5.82 Å². The molecule has 9 heteroatoms. The van der Waals surface area contributed by atoms with Crippen molar-refractivity contribution in [1.29, 1.82) is 0 Å². The molecule has 0 N–H and O–H groups in total. The van der Waals surface area contributed by atoms with Crippen LogP contribution in [-0.2, 0) is 9.84 Å². The van der Waals surface area contributed by atoms with E-state index in [0.717, 1.165) is 4.88 Å². The van der Waals surface area contributed by atoms with Crippen LogP contribution in [0.5, 0.6) is 0 Å². The Labute approximate surface area is 165 Å². The van der Waals surface area contributed by atoms with Crippen molar-refractivity contribution < 1.29 is 22.1 Å². The van der Waals surface area contributed by atoms with Crippen molar-refractivity contribution in [2.24, 2.45) is 0 Å². The Morgan fingerprint density at radius 1 is 1.21 bits per heavy atom. The van der Waals surface area contributed by atoms with Crippen molar-refractivity contribution in [3.63, 3.8) is 0 Å². The minimum atomic E-state index is -3.59. The smallest absolute Gasteiger partial charge is 0.276 e. The van der Waals surface area contributed by atoms with E-state index in [0.29, 0.717) is 5.76 Å². The third-order valence-electron chi connectivity index (χ3n) is 4.77. The third kappa shape index (κ3) is 3.59. The third-order valence-corrected chi connectivity index (χ3v) is 7.77. The zero-order valence-corrected chi connectivity index (χ0v) is 16.4. The van der Waals surface area contributed by atoms with E-state index in [1.807, 2.05) is 17.5 Å². The first kappa shape index (κ1) is 18.8. The van der Waals surface area contributed by atoms with Gasteiger partial charge in [0.25, 0.3) is 5.91 Å². The lowest BCUT2D eigenvalue weighted by Crippen LogP contribution is -2.33. The Balaban J connectivity index is 1.55. The molecule has 146 valence electrons. The maximum absolute atomic E-state index is 14.1. The van der Waals surface area contributed by atoms with Crippen LogP contribution < -0.4 is 0 Å². The Hall–Kier alpha value is -2.52. The van der Waals surface area contributed by atoms with E-state index < -0.39 is 26.8 Å². The van der Waals surface area contributed by atoms with Gasteiger partial charge in [-0.3, -0.25) is 4.79 Å². The van der Waals surface area contributed by atoms with Gasteiger partial charge in [-0.25, -0.2) is 12.8 Å². The van der Waals surface area contributed by atoms with E-state index in [9.17, 15) is 17.6 Å². The first-order valence-corrected chi connectivity index (χ1v) is 11.3. The number of rotatable bonds is 3. The number of hydrogen-bond acceptors (Lipinski definition) is 6. The van der Waals surface area contributed by atoms with Gasteiger partial charge in [0, 0.05) is 24.7 Å². The summed E-state index contributed by atoms with van der Waals surface area (Å²) in [4.78, 5) is 15.1. The monoisotopic (exact) mass is 420 g/mol. The van der Waals surface area contributed by atoms with Crippen molar-refractivity contribution in [1.82, 2.24) is 10.1 Å². The van der Waals surface area contributed by atoms with E-state index in [-0.39, 0.29) is 36.5 Å². The van der Waals surface area contributed by atoms with E-state index in [4.69, 9.17) is 4.52 Å². The summed E-state index contributed by atoms with van der Waals surface area (Å²) >= 11 is 1.47. The second kappa shape index (κ2) is 7.48. The molecule has 1 amide bonds. The molecule has 6 nitrogen and oxygen atoms in total. The van der Waals surface area contributed by atoms with Gasteiger partial charge < -0.3 is 9.42 Å². The van der Waals surface area contributed by atoms with Crippen molar-refractivity contribution in [2.45, 2.75) is 11.7 Å². The topological polar surface area (TPSA) is 80.5 Å². The van der Waals surface area contributed by atoms with E-state index >= 15 is 0 Å². The molecule has 2 aromatic heterocycles. The lowest BCUT2D eigenvalue weighted by Gasteiger charge is -2.18. The molecule has 3 heterocycles. The van der Waals surface area contributed by atoms with Gasteiger partial charge in [-0.15, -0.1) is 11.3 Å². The number of sulfone groups is 1. The van der Waals surface area contributed by atoms with Crippen molar-refractivity contribution in [3.05, 3.63) is 64.9 Å². The Morgan fingerprint density at radius 3 is 2.79 bits per heavy atom. The summed E-state index contributed by atoms with van der Waals surface area (Å²) in [5, 5.41) is 4.76. The van der Waals surface area contributed by atoms with Crippen LogP contribution in [0.1, 0.15) is 27.7 Å². The van der Waals surface area contributed by atoms with Gasteiger partial charge in [-0.1, -0.05) is 29.4 Å². The molecule has 1 fully saturated rings. The number of nitrogens with zero attached hydrogens (tertiary/aromatic N) is 2. The number of amides is 1. The van der Waals surface area contributed by atoms with E-state index in [2.05, 4.69) is 5.16 Å². The fraction of sp³-hybridized carbons (Fsp3) is 0.263. The second-order valence-electron chi connectivity index (χ2n) is 6.51. The molecule has 0 saturated carbocycles. The zero-order valence-electron chi connectivity index (χ0n) is 14.7. The van der Waals surface area contributed by atoms with Gasteiger partial charge in [0.15, 0.2) is 21.3 Å². The molecule has 0 aliphatic carbocycles. The average Bonchev–Trinajstić information content (AvgIpc) is 3.33. The van der Waals surface area contributed by atoms with Crippen LogP contribution in [0.2, 0.25) is 0 Å². The Morgan fingerprint density at radius 2 is 2.04 bits per heavy atom. The van der Waals surface area contributed by atoms with E-state index in [1.165, 1.54) is 34.4 Å². The fourth-order valence-electron chi connectivity index (χ4n) is 3.31. The standard InChI is InChI=1S/C19H17FN2O4S2/c20-14-5-2-1-4-13(14)18-7-8-22(9-11-28(18,24)25)19(23)15-12-16(26-21-15)17-6-3-10-27-17/h1-6,10,12,18H,7-9,11H2/t18-/m1/s1. The predicted octanol–water partition coefficient (Wildman–Crippen LogP) is 3.54. The highest BCUT2D eigenvalue weighted by molar-refractivity contribution is 7.91. The number of halogens is 1. The molecule has 1 aliphatic heterocycles. The first-order chi connectivity index (χ1) is 13.5. The molecule has 28 heavy (non-hydrogen) atoms. The molecule has 0 unspecified atom stereocenters. The average molecular weight is 420 g/mol. The lowest BCUT2D eigenvalue weighted by atomic mass is 10.1. The van der Waals surface area contributed by atoms with Gasteiger partial charge in [0.2, 0.25) is 0 Å². The highest BCUT2D eigenvalue weighted by Crippen LogP contribution is 2.32. The molecule has 1 aromatic carbocycles. The van der Waals surface area contributed by atoms with Gasteiger partial charge >= 0.3 is 0 Å². The molecule has 0 radical (unpaired) electrons. The summed E-state index contributed by atoms with van der Waals surface area (Å²) in [6.07, 6.45) is 0.130. The minimum Gasteiger partial charge on any atom is -0.355 e. The lowest BCUT2D eigenvalue weighted by molar-refractivity contribution is 0.0756. The molecule has 1 saturated heterocycles. The number of aromatic nitrogens is 1. The normalized spacial score (nSPS) is 19.3. The summed E-state index contributed by atoms with van der Waals surface area (Å²) < 4.78 is 44.7. The van der Waals surface area contributed by atoms with Crippen molar-refractivity contribution >= 4 is 27.1 Å². The predicted molar refractivity (Wildman–Crippen MR) is 103 cm³/mol. The molecule has 0 bridgehead atoms. The number of carbonyl (C=O) groups excluding carboxylic acids is 1. The number of hydrogen-bond donors (Lipinski definition) is 0. The molecular formula is C19H17FN2O4S2. The summed E-state index contributed by atoms with van der Waals surface area (Å²) in [7, 11) is -3.59. The number of benzene rings is 1. The second-order valence-corrected chi connectivity index (χ2v) is 9.76. The molecular weight excluding hydrogens is 403 g/mol. The summed E-state index contributed by atoms with van der Waals surface area (Å²) in [5.74, 6) is -0.679. The van der Waals surface area contributed by atoms with Gasteiger partial charge in [-0.2, -0.15) is 0 Å². The van der Waals surface area contributed by atoms with Crippen LogP contribution in [0, 0.1) is 5.82 Å². The van der Waals surface area contributed by atoms with Gasteiger partial charge in [-0.05, 0) is 23.9 Å². The highest BCUT2D eigenvalue weighted by Gasteiger charge is 2.34. The number of thiophene rings is 1. The maximum atomic E-state index is 14.1. The quantitative estimate of drug-likeness (QED) is 0.647. The molecule has 0 spiro atoms. The molecule has 1 aliphatic rings. The molecule has 1 atom stereocenters. The van der Waals surface area contributed by atoms with Crippen LogP contribution in [0.4, 0.5) is 4.39 Å². The van der Waals surface area contributed by atoms with E-state index in [1.54, 1.807) is 12.1 Å². The van der Waals surface area contributed by atoms with Crippen molar-refractivity contribution in [3.8, 4) is 10.6 Å². The van der Waals surface area contributed by atoms with Crippen LogP contribution >= 0.6 is 11.3 Å². The molecule has 3 aromatic rings. The SMILES string of the molecule is O=C(c1cc(-c2cccs2)on1)N1CC[C@H](c2ccccc2F)S(=O)(=O)CC1.